The Morgan fingerprint density at radius 1 is 0.605 bits per heavy atom. The van der Waals surface area contributed by atoms with E-state index in [0.29, 0.717) is 10.4 Å². The van der Waals surface area contributed by atoms with Gasteiger partial charge in [-0.3, -0.25) is 0 Å². The molecule has 4 unspecified atom stereocenters. The predicted molar refractivity (Wildman–Crippen MR) is 180 cm³/mol. The molecular formula is C39H39FeNP2. The molecule has 218 valence electrons. The van der Waals surface area contributed by atoms with Crippen LogP contribution in [-0.2, 0) is 6.51 Å². The number of fused-ring (bicyclic) bond motifs is 10. The molecule has 10 fully saturated rings. The maximum atomic E-state index is 3.17. The molecule has 10 heterocycles. The molecule has 1 nitrogen and oxygen atoms in total. The van der Waals surface area contributed by atoms with Crippen LogP contribution in [0.4, 0.5) is 0 Å². The maximum absolute atomic E-state index is 3.87. The van der Waals surface area contributed by atoms with Crippen LogP contribution >= 0.6 is 16.0 Å². The van der Waals surface area contributed by atoms with Crippen LogP contribution in [-0.4, -0.2) is 21.3 Å². The van der Waals surface area contributed by atoms with Crippen molar-refractivity contribution in [1.29, 1.82) is 0 Å². The van der Waals surface area contributed by atoms with Crippen LogP contribution in [0.5, 0.6) is 0 Å². The third-order valence-electron chi connectivity index (χ3n) is 21.0. The average Bonchev–Trinajstić information content (AvgIpc) is 4.02. The minimum absolute atomic E-state index is 0.331. The summed E-state index contributed by atoms with van der Waals surface area (Å²) >= 11 is 0. The molecule has 14 rings (SSSR count). The van der Waals surface area contributed by atoms with Gasteiger partial charge >= 0.3 is 249 Å². The molecule has 10 aliphatic heterocycles. The van der Waals surface area contributed by atoms with Gasteiger partial charge in [-0.1, -0.05) is 0 Å². The van der Waals surface area contributed by atoms with Gasteiger partial charge in [0.05, 0.1) is 0 Å². The number of rotatable bonds is 10. The van der Waals surface area contributed by atoms with Crippen LogP contribution in [0.15, 0.2) is 121 Å². The minimum atomic E-state index is -3.87. The molecule has 0 aromatic heterocycles. The van der Waals surface area contributed by atoms with Crippen molar-refractivity contribution in [1.82, 2.24) is 4.67 Å². The topological polar surface area (TPSA) is 3.24 Å². The molecular weight excluding hydrogens is 600 g/mol. The van der Waals surface area contributed by atoms with E-state index in [1.54, 1.807) is 21.2 Å². The Labute approximate surface area is 248 Å². The normalized spacial score (nSPS) is 56.9. The Morgan fingerprint density at radius 2 is 1.02 bits per heavy atom. The van der Waals surface area contributed by atoms with Crippen LogP contribution in [0, 0.1) is 0 Å². The first kappa shape index (κ1) is 22.7. The number of nitrogens with zero attached hydrogens (tertiary/aromatic N) is 1. The first-order valence-corrected chi connectivity index (χ1v) is 25.6. The molecule has 4 aromatic carbocycles. The quantitative estimate of drug-likeness (QED) is 0.124. The van der Waals surface area contributed by atoms with Crippen molar-refractivity contribution in [3.8, 4) is 0 Å². The van der Waals surface area contributed by atoms with Crippen molar-refractivity contribution in [2.24, 2.45) is 0 Å². The van der Waals surface area contributed by atoms with Gasteiger partial charge in [0, 0.05) is 0 Å². The van der Waals surface area contributed by atoms with E-state index >= 15 is 0 Å². The molecule has 0 saturated carbocycles. The summed E-state index contributed by atoms with van der Waals surface area (Å²) in [5, 5.41) is 6.55. The van der Waals surface area contributed by atoms with Crippen LogP contribution < -0.4 is 21.2 Å². The molecule has 0 amide bonds. The fourth-order valence-electron chi connectivity index (χ4n) is 22.6. The number of benzene rings is 4. The molecule has 4 heteroatoms. The Morgan fingerprint density at radius 3 is 1.40 bits per heavy atom. The fourth-order valence-corrected chi connectivity index (χ4v) is 117. The van der Waals surface area contributed by atoms with Gasteiger partial charge < -0.3 is 0 Å². The Bertz CT molecular complexity index is 2190. The summed E-state index contributed by atoms with van der Waals surface area (Å²) in [6, 6.07) is 48.3. The first-order chi connectivity index (χ1) is 21.0. The summed E-state index contributed by atoms with van der Waals surface area (Å²) in [7, 11) is -0.893. The van der Waals surface area contributed by atoms with E-state index in [1.165, 1.54) is 51.5 Å². The van der Waals surface area contributed by atoms with E-state index in [1.807, 2.05) is 0 Å². The van der Waals surface area contributed by atoms with Gasteiger partial charge in [-0.2, -0.15) is 0 Å². The molecule has 10 aliphatic rings. The second-order valence-corrected chi connectivity index (χ2v) is 45.8. The van der Waals surface area contributed by atoms with Gasteiger partial charge in [0.25, 0.3) is 0 Å². The van der Waals surface area contributed by atoms with Crippen LogP contribution in [0.1, 0.15) is 20.3 Å². The van der Waals surface area contributed by atoms with Gasteiger partial charge in [0.2, 0.25) is 0 Å². The van der Waals surface area contributed by atoms with E-state index in [0.717, 1.165) is 4.05 Å². The Hall–Kier alpha value is -1.78. The molecule has 0 N–H and O–H groups in total. The summed E-state index contributed by atoms with van der Waals surface area (Å²) in [5.74, 6) is 0. The summed E-state index contributed by atoms with van der Waals surface area (Å²) in [4.78, 5) is 10.2. The Kier molecular flexibility index (Phi) is 2.08. The monoisotopic (exact) mass is 639 g/mol. The third kappa shape index (κ3) is 0.670. The van der Waals surface area contributed by atoms with Crippen LogP contribution in [0.25, 0.3) is 0 Å². The molecule has 1 spiro atoms. The number of hydrogen-bond acceptors (Lipinski definition) is 1. The van der Waals surface area contributed by atoms with Crippen molar-refractivity contribution in [2.45, 2.75) is 73.2 Å². The number of hydrogen-bond donors (Lipinski definition) is 0. The summed E-state index contributed by atoms with van der Waals surface area (Å²) in [6.07, 6.45) is 1.24. The van der Waals surface area contributed by atoms with Crippen LogP contribution in [0.2, 0.25) is 42.8 Å². The fraction of sp³-hybridized carbons (Fsp3) is 0.385. The van der Waals surface area contributed by atoms with E-state index in [4.69, 9.17) is 0 Å². The van der Waals surface area contributed by atoms with Crippen molar-refractivity contribution in [3.05, 3.63) is 121 Å². The summed E-state index contributed by atoms with van der Waals surface area (Å²) in [6.45, 7) is 2.63. The SMILES string of the molecule is CCCN([C@H](C)[C@]12[CH]3[CH]4[CH]5[C]1(P(c1ccccc1)c1ccccc1)[Fe]45321678[CH]2[CH]1[CH]6[CH]7[CH]28)P(c1ccccc1)c1ccccc1. The van der Waals surface area contributed by atoms with Gasteiger partial charge in [-0.05, 0) is 0 Å². The van der Waals surface area contributed by atoms with Gasteiger partial charge in [0.1, 0.15) is 0 Å². The van der Waals surface area contributed by atoms with E-state index < -0.39 is 14.6 Å². The van der Waals surface area contributed by atoms with Crippen molar-refractivity contribution >= 4 is 37.2 Å². The zero-order valence-corrected chi connectivity index (χ0v) is 27.7. The predicted octanol–water partition coefficient (Wildman–Crippen LogP) is 8.93. The molecule has 0 radical (unpaired) electrons. The van der Waals surface area contributed by atoms with Crippen LogP contribution in [0.3, 0.4) is 0 Å². The first-order valence-electron chi connectivity index (χ1n) is 16.8. The zero-order chi connectivity index (χ0) is 28.1. The van der Waals surface area contributed by atoms with Crippen molar-refractivity contribution in [3.63, 3.8) is 0 Å². The van der Waals surface area contributed by atoms with Crippen molar-refractivity contribution in [2.75, 3.05) is 6.54 Å². The standard InChI is InChI=1S/C34H34NP2.C5H5.Fe/c1-3-27-35(37(31-21-12-6-13-22-31)32-23-14-7-15-24-32)28(2)33-25-16-26-34(33)36(29-17-8-4-9-18-29)30-19-10-5-11-20-30;1-2-4-5-3-1;/h4-26,28H,3,27H2,1-2H3;1-5H;/t28-;;/m1../s1. The van der Waals surface area contributed by atoms with Gasteiger partial charge in [-0.15, -0.1) is 0 Å². The molecule has 10 saturated heterocycles. The summed E-state index contributed by atoms with van der Waals surface area (Å²) < 4.78 is 4.61. The zero-order valence-electron chi connectivity index (χ0n) is 24.9. The average molecular weight is 640 g/mol. The van der Waals surface area contributed by atoms with E-state index in [9.17, 15) is 0 Å². The van der Waals surface area contributed by atoms with E-state index in [2.05, 4.69) is 140 Å². The molecule has 43 heavy (non-hydrogen) atoms. The molecule has 0 bridgehead atoms. The van der Waals surface area contributed by atoms with Gasteiger partial charge in [-0.25, -0.2) is 0 Å². The van der Waals surface area contributed by atoms with Crippen molar-refractivity contribution < 1.29 is 6.51 Å². The Balaban J connectivity index is 1.04. The second kappa shape index (κ2) is 3.95. The molecule has 6 atom stereocenters. The van der Waals surface area contributed by atoms with Gasteiger partial charge in [0.15, 0.2) is 0 Å². The summed E-state index contributed by atoms with van der Waals surface area (Å²) in [5.41, 5.74) is 0. The van der Waals surface area contributed by atoms with E-state index in [-0.39, 0.29) is 7.92 Å². The molecule has 0 aliphatic carbocycles. The third-order valence-corrected chi connectivity index (χ3v) is 73.8. The molecule has 4 aromatic rings. The second-order valence-electron chi connectivity index (χ2n) is 17.6.